The van der Waals surface area contributed by atoms with Crippen molar-refractivity contribution in [3.05, 3.63) is 0 Å². The molecule has 2 atom stereocenters. The molecular weight excluding hydrogens is 176 g/mol. The van der Waals surface area contributed by atoms with E-state index in [9.17, 15) is 4.79 Å². The molecule has 3 heteroatoms. The number of hydrogen-bond donors (Lipinski definition) is 0. The van der Waals surface area contributed by atoms with E-state index in [0.717, 1.165) is 19.1 Å². The first-order valence-electron chi connectivity index (χ1n) is 5.62. The van der Waals surface area contributed by atoms with E-state index in [2.05, 4.69) is 18.7 Å². The molecule has 2 fully saturated rings. The van der Waals surface area contributed by atoms with E-state index in [0.29, 0.717) is 12.1 Å². The number of amides is 1. The van der Waals surface area contributed by atoms with Gasteiger partial charge in [0.15, 0.2) is 0 Å². The molecule has 2 aliphatic rings. The quantitative estimate of drug-likeness (QED) is 0.627. The summed E-state index contributed by atoms with van der Waals surface area (Å²) < 4.78 is 0. The molecule has 0 bridgehead atoms. The third kappa shape index (κ3) is 1.78. The third-order valence-electron chi connectivity index (χ3n) is 3.40. The molecule has 2 rings (SSSR count). The van der Waals surface area contributed by atoms with Crippen LogP contribution in [-0.4, -0.2) is 46.9 Å². The highest BCUT2D eigenvalue weighted by Gasteiger charge is 2.39. The molecular formula is C11H20N2O. The molecule has 1 aliphatic heterocycles. The van der Waals surface area contributed by atoms with Crippen LogP contribution in [0.5, 0.6) is 0 Å². The van der Waals surface area contributed by atoms with Crippen LogP contribution in [0.25, 0.3) is 0 Å². The molecule has 0 radical (unpaired) electrons. The fourth-order valence-corrected chi connectivity index (χ4v) is 2.68. The predicted octanol–water partition coefficient (Wildman–Crippen LogP) is 1.09. The van der Waals surface area contributed by atoms with Gasteiger partial charge in [0.25, 0.3) is 0 Å². The minimum absolute atomic E-state index is 0.221. The van der Waals surface area contributed by atoms with Crippen LogP contribution in [0.1, 0.15) is 33.6 Å². The first kappa shape index (κ1) is 9.97. The Morgan fingerprint density at radius 3 is 2.00 bits per heavy atom. The van der Waals surface area contributed by atoms with Crippen molar-refractivity contribution in [2.75, 3.05) is 13.1 Å². The van der Waals surface area contributed by atoms with Crippen LogP contribution in [0, 0.1) is 0 Å². The Labute approximate surface area is 86.1 Å². The second-order valence-electron chi connectivity index (χ2n) is 4.80. The van der Waals surface area contributed by atoms with Gasteiger partial charge in [-0.05, 0) is 26.7 Å². The molecule has 0 spiro atoms. The van der Waals surface area contributed by atoms with Crippen LogP contribution in [0.4, 0.5) is 0 Å². The van der Waals surface area contributed by atoms with Crippen LogP contribution < -0.4 is 0 Å². The monoisotopic (exact) mass is 196 g/mol. The first-order chi connectivity index (χ1) is 6.59. The van der Waals surface area contributed by atoms with Gasteiger partial charge in [-0.15, -0.1) is 0 Å². The van der Waals surface area contributed by atoms with Crippen LogP contribution >= 0.6 is 0 Å². The smallest absolute Gasteiger partial charge is 0.219 e. The lowest BCUT2D eigenvalue weighted by molar-refractivity contribution is -0.133. The zero-order valence-electron chi connectivity index (χ0n) is 9.36. The minimum atomic E-state index is 0.221. The Hall–Kier alpha value is -0.570. The molecule has 0 N–H and O–H groups in total. The average molecular weight is 196 g/mol. The van der Waals surface area contributed by atoms with Crippen molar-refractivity contribution in [1.82, 2.24) is 9.80 Å². The van der Waals surface area contributed by atoms with E-state index in [-0.39, 0.29) is 5.91 Å². The van der Waals surface area contributed by atoms with Gasteiger partial charge < -0.3 is 4.90 Å². The van der Waals surface area contributed by atoms with Gasteiger partial charge in [-0.25, -0.2) is 0 Å². The van der Waals surface area contributed by atoms with Gasteiger partial charge in [0.1, 0.15) is 0 Å². The van der Waals surface area contributed by atoms with E-state index in [1.165, 1.54) is 12.8 Å². The summed E-state index contributed by atoms with van der Waals surface area (Å²) in [6, 6.07) is 1.89. The molecule has 80 valence electrons. The van der Waals surface area contributed by atoms with Crippen molar-refractivity contribution >= 4 is 5.91 Å². The second kappa shape index (κ2) is 3.54. The molecule has 0 unspecified atom stereocenters. The summed E-state index contributed by atoms with van der Waals surface area (Å²) in [7, 11) is 0. The zero-order valence-corrected chi connectivity index (χ0v) is 9.36. The summed E-state index contributed by atoms with van der Waals surface area (Å²) in [4.78, 5) is 15.9. The highest BCUT2D eigenvalue weighted by Crippen LogP contribution is 2.32. The van der Waals surface area contributed by atoms with E-state index in [1.54, 1.807) is 6.92 Å². The largest absolute Gasteiger partial charge is 0.340 e. The lowest BCUT2D eigenvalue weighted by Crippen LogP contribution is -2.58. The fraction of sp³-hybridized carbons (Fsp3) is 0.909. The first-order valence-corrected chi connectivity index (χ1v) is 5.62. The lowest BCUT2D eigenvalue weighted by atomic mass is 10.1. The standard InChI is InChI=1S/C11H20N2O/c1-8-6-12(10(3)14)7-9(2)13(8)11-4-5-11/h8-9,11H,4-7H2,1-3H3/t8-,9+. The van der Waals surface area contributed by atoms with E-state index in [1.807, 2.05) is 4.90 Å². The molecule has 3 nitrogen and oxygen atoms in total. The number of nitrogens with zero attached hydrogens (tertiary/aromatic N) is 2. The van der Waals surface area contributed by atoms with Gasteiger partial charge in [0.05, 0.1) is 0 Å². The molecule has 14 heavy (non-hydrogen) atoms. The highest BCUT2D eigenvalue weighted by atomic mass is 16.2. The van der Waals surface area contributed by atoms with Gasteiger partial charge in [0.2, 0.25) is 5.91 Å². The maximum atomic E-state index is 11.3. The summed E-state index contributed by atoms with van der Waals surface area (Å²) in [5, 5.41) is 0. The van der Waals surface area contributed by atoms with Gasteiger partial charge >= 0.3 is 0 Å². The van der Waals surface area contributed by atoms with Gasteiger partial charge in [-0.2, -0.15) is 0 Å². The summed E-state index contributed by atoms with van der Waals surface area (Å²) >= 11 is 0. The van der Waals surface area contributed by atoms with Crippen molar-refractivity contribution < 1.29 is 4.79 Å². The van der Waals surface area contributed by atoms with Crippen LogP contribution in [-0.2, 0) is 4.79 Å². The molecule has 1 saturated carbocycles. The average Bonchev–Trinajstić information content (AvgIpc) is 2.86. The van der Waals surface area contributed by atoms with Crippen molar-refractivity contribution in [1.29, 1.82) is 0 Å². The minimum Gasteiger partial charge on any atom is -0.340 e. The topological polar surface area (TPSA) is 23.6 Å². The molecule has 0 aromatic heterocycles. The van der Waals surface area contributed by atoms with Gasteiger partial charge in [0, 0.05) is 38.1 Å². The summed E-state index contributed by atoms with van der Waals surface area (Å²) in [5.74, 6) is 0.221. The Balaban J connectivity index is 2.01. The maximum Gasteiger partial charge on any atom is 0.219 e. The Bertz CT molecular complexity index is 225. The third-order valence-corrected chi connectivity index (χ3v) is 3.40. The van der Waals surface area contributed by atoms with E-state index < -0.39 is 0 Å². The van der Waals surface area contributed by atoms with Crippen LogP contribution in [0.3, 0.4) is 0 Å². The Morgan fingerprint density at radius 1 is 1.14 bits per heavy atom. The number of carbonyl (C=O) groups is 1. The maximum absolute atomic E-state index is 11.3. The predicted molar refractivity (Wildman–Crippen MR) is 56.0 cm³/mol. The van der Waals surface area contributed by atoms with E-state index >= 15 is 0 Å². The Kier molecular flexibility index (Phi) is 2.52. The Morgan fingerprint density at radius 2 is 1.64 bits per heavy atom. The van der Waals surface area contributed by atoms with Crippen molar-refractivity contribution in [2.45, 2.75) is 51.7 Å². The number of piperazine rings is 1. The summed E-state index contributed by atoms with van der Waals surface area (Å²) in [6.45, 7) is 7.98. The SMILES string of the molecule is CC(=O)N1C[C@@H](C)N(C2CC2)[C@@H](C)C1. The number of rotatable bonds is 1. The zero-order chi connectivity index (χ0) is 10.3. The molecule has 1 aliphatic carbocycles. The highest BCUT2D eigenvalue weighted by molar-refractivity contribution is 5.73. The summed E-state index contributed by atoms with van der Waals surface area (Å²) in [6.07, 6.45) is 2.71. The molecule has 0 aromatic carbocycles. The number of carbonyl (C=O) groups excluding carboxylic acids is 1. The molecule has 0 aromatic rings. The fourth-order valence-electron chi connectivity index (χ4n) is 2.68. The molecule has 1 heterocycles. The van der Waals surface area contributed by atoms with Crippen molar-refractivity contribution in [3.8, 4) is 0 Å². The second-order valence-corrected chi connectivity index (χ2v) is 4.80. The van der Waals surface area contributed by atoms with Gasteiger partial charge in [-0.3, -0.25) is 9.69 Å². The normalized spacial score (nSPS) is 34.6. The molecule has 1 amide bonds. The van der Waals surface area contributed by atoms with Crippen LogP contribution in [0.15, 0.2) is 0 Å². The van der Waals surface area contributed by atoms with Gasteiger partial charge in [-0.1, -0.05) is 0 Å². The van der Waals surface area contributed by atoms with Crippen molar-refractivity contribution in [3.63, 3.8) is 0 Å². The number of hydrogen-bond acceptors (Lipinski definition) is 2. The van der Waals surface area contributed by atoms with Crippen molar-refractivity contribution in [2.24, 2.45) is 0 Å². The lowest BCUT2D eigenvalue weighted by Gasteiger charge is -2.44. The molecule has 1 saturated heterocycles. The van der Waals surface area contributed by atoms with Crippen LogP contribution in [0.2, 0.25) is 0 Å². The summed E-state index contributed by atoms with van der Waals surface area (Å²) in [5.41, 5.74) is 0. The van der Waals surface area contributed by atoms with E-state index in [4.69, 9.17) is 0 Å².